The first kappa shape index (κ1) is 18.0. The summed E-state index contributed by atoms with van der Waals surface area (Å²) in [5.74, 6) is -0.760. The molecule has 1 aromatic heterocycles. The first-order chi connectivity index (χ1) is 12.2. The van der Waals surface area contributed by atoms with E-state index in [1.165, 1.54) is 21.7 Å². The maximum absolute atomic E-state index is 12.8. The van der Waals surface area contributed by atoms with E-state index in [-0.39, 0.29) is 31.3 Å². The Morgan fingerprint density at radius 2 is 2.12 bits per heavy atom. The summed E-state index contributed by atoms with van der Waals surface area (Å²) >= 11 is 0. The van der Waals surface area contributed by atoms with Crippen molar-refractivity contribution in [1.29, 1.82) is 0 Å². The molecular formula is C17H17F3N4O2. The van der Waals surface area contributed by atoms with Gasteiger partial charge in [-0.2, -0.15) is 18.3 Å². The van der Waals surface area contributed by atoms with E-state index in [0.29, 0.717) is 11.4 Å². The molecule has 2 aromatic rings. The van der Waals surface area contributed by atoms with E-state index in [1.54, 1.807) is 19.3 Å². The van der Waals surface area contributed by atoms with Crippen LogP contribution >= 0.6 is 0 Å². The maximum atomic E-state index is 12.8. The predicted molar refractivity (Wildman–Crippen MR) is 86.8 cm³/mol. The Labute approximate surface area is 147 Å². The van der Waals surface area contributed by atoms with Crippen molar-refractivity contribution in [3.8, 4) is 0 Å². The normalized spacial score (nSPS) is 17.6. The number of likely N-dealkylation sites (tertiary alicyclic amines) is 1. The summed E-state index contributed by atoms with van der Waals surface area (Å²) in [6.45, 7) is 0.198. The molecule has 1 aliphatic heterocycles. The predicted octanol–water partition coefficient (Wildman–Crippen LogP) is 2.43. The van der Waals surface area contributed by atoms with E-state index < -0.39 is 17.7 Å². The highest BCUT2D eigenvalue weighted by Gasteiger charge is 2.35. The number of halogens is 3. The van der Waals surface area contributed by atoms with Gasteiger partial charge in [-0.3, -0.25) is 14.3 Å². The number of nitrogens with zero attached hydrogens (tertiary/aromatic N) is 3. The van der Waals surface area contributed by atoms with Crippen LogP contribution in [0.15, 0.2) is 36.5 Å². The number of aryl methyl sites for hydroxylation is 1. The smallest absolute Gasteiger partial charge is 0.338 e. The number of hydrogen-bond acceptors (Lipinski definition) is 3. The number of alkyl halides is 3. The minimum absolute atomic E-state index is 0.0254. The van der Waals surface area contributed by atoms with Gasteiger partial charge in [0.05, 0.1) is 11.5 Å². The van der Waals surface area contributed by atoms with Crippen LogP contribution in [0.2, 0.25) is 0 Å². The molecule has 2 amide bonds. The molecule has 0 saturated carbocycles. The average Bonchev–Trinajstić information content (AvgIpc) is 3.13. The first-order valence-corrected chi connectivity index (χ1v) is 7.97. The van der Waals surface area contributed by atoms with E-state index in [0.717, 1.165) is 12.1 Å². The second-order valence-electron chi connectivity index (χ2n) is 6.24. The molecule has 1 aliphatic rings. The molecule has 1 saturated heterocycles. The molecule has 2 heterocycles. The molecule has 1 unspecified atom stereocenters. The molecule has 0 radical (unpaired) electrons. The summed E-state index contributed by atoms with van der Waals surface area (Å²) in [6.07, 6.45) is -2.73. The van der Waals surface area contributed by atoms with Gasteiger partial charge in [0.15, 0.2) is 5.82 Å². The summed E-state index contributed by atoms with van der Waals surface area (Å²) in [7, 11) is 1.71. The second kappa shape index (κ2) is 6.81. The molecule has 1 fully saturated rings. The van der Waals surface area contributed by atoms with Crippen molar-refractivity contribution in [3.05, 3.63) is 47.7 Å². The molecular weight excluding hydrogens is 349 g/mol. The van der Waals surface area contributed by atoms with Gasteiger partial charge in [-0.1, -0.05) is 12.1 Å². The highest BCUT2D eigenvalue weighted by molar-refractivity contribution is 5.96. The van der Waals surface area contributed by atoms with Gasteiger partial charge < -0.3 is 10.2 Å². The van der Waals surface area contributed by atoms with E-state index in [2.05, 4.69) is 10.4 Å². The lowest BCUT2D eigenvalue weighted by Gasteiger charge is -2.17. The van der Waals surface area contributed by atoms with Crippen molar-refractivity contribution >= 4 is 17.6 Å². The molecule has 6 nitrogen and oxygen atoms in total. The van der Waals surface area contributed by atoms with Crippen LogP contribution in [0.4, 0.5) is 19.0 Å². The molecule has 0 spiro atoms. The lowest BCUT2D eigenvalue weighted by Crippen LogP contribution is -2.28. The zero-order valence-corrected chi connectivity index (χ0v) is 14.0. The Hall–Kier alpha value is -2.84. The fourth-order valence-corrected chi connectivity index (χ4v) is 2.88. The Morgan fingerprint density at radius 3 is 2.77 bits per heavy atom. The molecule has 1 N–H and O–H groups in total. The number of hydrogen-bond donors (Lipinski definition) is 1. The van der Waals surface area contributed by atoms with Gasteiger partial charge in [0.2, 0.25) is 11.8 Å². The summed E-state index contributed by atoms with van der Waals surface area (Å²) in [5.41, 5.74) is -0.384. The summed E-state index contributed by atoms with van der Waals surface area (Å²) in [5, 5.41) is 6.68. The Kier molecular flexibility index (Phi) is 4.71. The van der Waals surface area contributed by atoms with Crippen molar-refractivity contribution < 1.29 is 22.8 Å². The lowest BCUT2D eigenvalue weighted by molar-refractivity contribution is -0.137. The number of nitrogens with one attached hydrogen (secondary N) is 1. The Morgan fingerprint density at radius 1 is 1.35 bits per heavy atom. The quantitative estimate of drug-likeness (QED) is 0.904. The molecule has 0 aliphatic carbocycles. The minimum Gasteiger partial charge on any atom is -0.338 e. The summed E-state index contributed by atoms with van der Waals surface area (Å²) in [6, 6.07) is 6.48. The SMILES string of the molecule is Cn1ccc(NC(=O)C2CC(=O)N(Cc3cccc(C(F)(F)F)c3)C2)n1. The number of aromatic nitrogens is 2. The van der Waals surface area contributed by atoms with Crippen LogP contribution < -0.4 is 5.32 Å². The number of anilines is 1. The average molecular weight is 366 g/mol. The minimum atomic E-state index is -4.43. The van der Waals surface area contributed by atoms with Gasteiger partial charge in [0.1, 0.15) is 0 Å². The first-order valence-electron chi connectivity index (χ1n) is 7.97. The van der Waals surface area contributed by atoms with Crippen LogP contribution in [0.5, 0.6) is 0 Å². The van der Waals surface area contributed by atoms with Crippen molar-refractivity contribution in [2.45, 2.75) is 19.1 Å². The highest BCUT2D eigenvalue weighted by Crippen LogP contribution is 2.30. The van der Waals surface area contributed by atoms with Gasteiger partial charge in [-0.05, 0) is 17.7 Å². The van der Waals surface area contributed by atoms with Crippen LogP contribution in [0.25, 0.3) is 0 Å². The fraction of sp³-hybridized carbons (Fsp3) is 0.353. The molecule has 1 aromatic carbocycles. The standard InChI is InChI=1S/C17H17F3N4O2/c1-23-6-5-14(22-23)21-16(26)12-8-15(25)24(10-12)9-11-3-2-4-13(7-11)17(18,19)20/h2-7,12H,8-10H2,1H3,(H,21,22,26). The van der Waals surface area contributed by atoms with Crippen LogP contribution in [0.1, 0.15) is 17.5 Å². The summed E-state index contributed by atoms with van der Waals surface area (Å²) in [4.78, 5) is 25.8. The van der Waals surface area contributed by atoms with Gasteiger partial charge in [-0.15, -0.1) is 0 Å². The van der Waals surface area contributed by atoms with Crippen LogP contribution in [0, 0.1) is 5.92 Å². The zero-order valence-electron chi connectivity index (χ0n) is 14.0. The van der Waals surface area contributed by atoms with Gasteiger partial charge in [-0.25, -0.2) is 0 Å². The van der Waals surface area contributed by atoms with Crippen molar-refractivity contribution in [2.75, 3.05) is 11.9 Å². The van der Waals surface area contributed by atoms with Crippen LogP contribution in [-0.4, -0.2) is 33.0 Å². The third kappa shape index (κ3) is 4.04. The third-order valence-electron chi connectivity index (χ3n) is 4.18. The Balaban J connectivity index is 1.64. The van der Waals surface area contributed by atoms with E-state index in [4.69, 9.17) is 0 Å². The molecule has 0 bridgehead atoms. The fourth-order valence-electron chi connectivity index (χ4n) is 2.88. The lowest BCUT2D eigenvalue weighted by atomic mass is 10.1. The largest absolute Gasteiger partial charge is 0.416 e. The maximum Gasteiger partial charge on any atom is 0.416 e. The van der Waals surface area contributed by atoms with Crippen molar-refractivity contribution in [1.82, 2.24) is 14.7 Å². The van der Waals surface area contributed by atoms with E-state index in [1.807, 2.05) is 0 Å². The van der Waals surface area contributed by atoms with Gasteiger partial charge in [0.25, 0.3) is 0 Å². The van der Waals surface area contributed by atoms with Crippen molar-refractivity contribution in [2.24, 2.45) is 13.0 Å². The summed E-state index contributed by atoms with van der Waals surface area (Å²) < 4.78 is 39.9. The molecule has 138 valence electrons. The molecule has 3 rings (SSSR count). The van der Waals surface area contributed by atoms with E-state index in [9.17, 15) is 22.8 Å². The zero-order chi connectivity index (χ0) is 18.9. The molecule has 1 atom stereocenters. The number of amides is 2. The van der Waals surface area contributed by atoms with Gasteiger partial charge in [0, 0.05) is 38.8 Å². The van der Waals surface area contributed by atoms with Gasteiger partial charge >= 0.3 is 6.18 Å². The van der Waals surface area contributed by atoms with E-state index >= 15 is 0 Å². The topological polar surface area (TPSA) is 67.2 Å². The second-order valence-corrected chi connectivity index (χ2v) is 6.24. The van der Waals surface area contributed by atoms with Crippen LogP contribution in [-0.2, 0) is 29.4 Å². The monoisotopic (exact) mass is 366 g/mol. The number of benzene rings is 1. The third-order valence-corrected chi connectivity index (χ3v) is 4.18. The molecule has 26 heavy (non-hydrogen) atoms. The number of carbonyl (C=O) groups excluding carboxylic acids is 2. The number of rotatable bonds is 4. The highest BCUT2D eigenvalue weighted by atomic mass is 19.4. The number of carbonyl (C=O) groups is 2. The van der Waals surface area contributed by atoms with Crippen LogP contribution in [0.3, 0.4) is 0 Å². The molecule has 9 heteroatoms. The Bertz CT molecular complexity index is 831. The van der Waals surface area contributed by atoms with Crippen molar-refractivity contribution in [3.63, 3.8) is 0 Å².